The summed E-state index contributed by atoms with van der Waals surface area (Å²) in [6.07, 6.45) is 2.63. The molecule has 3 atom stereocenters. The highest BCUT2D eigenvalue weighted by Crippen LogP contribution is 2.27. The van der Waals surface area contributed by atoms with E-state index in [4.69, 9.17) is 10.5 Å². The Morgan fingerprint density at radius 1 is 1.23 bits per heavy atom. The van der Waals surface area contributed by atoms with Crippen molar-refractivity contribution in [2.75, 3.05) is 18.5 Å². The van der Waals surface area contributed by atoms with Gasteiger partial charge in [0, 0.05) is 24.0 Å². The fourth-order valence-corrected chi connectivity index (χ4v) is 4.01. The van der Waals surface area contributed by atoms with Gasteiger partial charge in [-0.05, 0) is 18.9 Å². The number of likely N-dealkylation sites (tertiary alicyclic amines) is 1. The fourth-order valence-electron chi connectivity index (χ4n) is 4.01. The number of esters is 1. The van der Waals surface area contributed by atoms with Crippen molar-refractivity contribution in [2.45, 2.75) is 31.8 Å². The van der Waals surface area contributed by atoms with Gasteiger partial charge in [-0.15, -0.1) is 0 Å². The number of cyclic esters (lactones) is 1. The molecule has 2 aliphatic rings. The molecule has 3 heterocycles. The second-order valence-corrected chi connectivity index (χ2v) is 7.64. The van der Waals surface area contributed by atoms with Gasteiger partial charge >= 0.3 is 18.0 Å². The van der Waals surface area contributed by atoms with E-state index in [-0.39, 0.29) is 18.4 Å². The maximum Gasteiger partial charge on any atom is 0.329 e. The number of fused-ring (bicyclic) bond motifs is 1. The molecule has 0 unspecified atom stereocenters. The Bertz CT molecular complexity index is 1030. The standard InChI is InChI=1S/C20H23N5O5/c1-11-10-30-18(27)16(11)23-17(26)15-7-4-8-24(15)20(29)22-13-9-25(19(21)28)14-6-3-2-5-12(13)14/h2-3,5-6,9,11,15-16H,4,7-8,10H2,1H3,(H2,21,28)(H,22,29)(H,23,26)/t11-,15-,16-/m0/s1. The van der Waals surface area contributed by atoms with Gasteiger partial charge in [0.1, 0.15) is 12.1 Å². The first-order valence-electron chi connectivity index (χ1n) is 9.81. The topological polar surface area (TPSA) is 136 Å². The summed E-state index contributed by atoms with van der Waals surface area (Å²) in [5.74, 6) is -0.952. The van der Waals surface area contributed by atoms with Crippen LogP contribution in [0.4, 0.5) is 15.3 Å². The lowest BCUT2D eigenvalue weighted by atomic mass is 10.1. The molecule has 4 N–H and O–H groups in total. The number of ether oxygens (including phenoxy) is 1. The van der Waals surface area contributed by atoms with E-state index in [9.17, 15) is 19.2 Å². The van der Waals surface area contributed by atoms with Gasteiger partial charge in [0.05, 0.1) is 17.8 Å². The van der Waals surface area contributed by atoms with Crippen LogP contribution in [0.3, 0.4) is 0 Å². The maximum absolute atomic E-state index is 12.9. The number of nitrogens with two attached hydrogens (primary N) is 1. The molecule has 1 aromatic carbocycles. The largest absolute Gasteiger partial charge is 0.464 e. The number of para-hydroxylation sites is 1. The highest BCUT2D eigenvalue weighted by atomic mass is 16.5. The Morgan fingerprint density at radius 2 is 2.00 bits per heavy atom. The number of aromatic nitrogens is 1. The summed E-state index contributed by atoms with van der Waals surface area (Å²) in [6.45, 7) is 2.50. The van der Waals surface area contributed by atoms with Gasteiger partial charge in [-0.1, -0.05) is 25.1 Å². The van der Waals surface area contributed by atoms with Gasteiger partial charge in [-0.3, -0.25) is 9.36 Å². The number of hydrogen-bond donors (Lipinski definition) is 3. The number of rotatable bonds is 3. The number of carbonyl (C=O) groups is 4. The Balaban J connectivity index is 1.51. The molecule has 10 heteroatoms. The molecule has 0 spiro atoms. The number of urea groups is 1. The molecule has 10 nitrogen and oxygen atoms in total. The SMILES string of the molecule is C[C@H]1COC(=O)[C@H]1NC(=O)[C@@H]1CCCN1C(=O)Nc1cn(C(N)=O)c2ccccc12. The fraction of sp³-hybridized carbons (Fsp3) is 0.400. The molecule has 0 bridgehead atoms. The predicted molar refractivity (Wildman–Crippen MR) is 108 cm³/mol. The lowest BCUT2D eigenvalue weighted by Crippen LogP contribution is -2.52. The lowest BCUT2D eigenvalue weighted by molar-refractivity contribution is -0.141. The first-order chi connectivity index (χ1) is 14.4. The van der Waals surface area contributed by atoms with Crippen LogP contribution in [-0.2, 0) is 14.3 Å². The molecule has 0 radical (unpaired) electrons. The Labute approximate surface area is 172 Å². The molecular weight excluding hydrogens is 390 g/mol. The zero-order valence-electron chi connectivity index (χ0n) is 16.5. The van der Waals surface area contributed by atoms with Crippen LogP contribution in [0.1, 0.15) is 19.8 Å². The maximum atomic E-state index is 12.9. The summed E-state index contributed by atoms with van der Waals surface area (Å²) in [4.78, 5) is 50.6. The second-order valence-electron chi connectivity index (χ2n) is 7.64. The molecule has 2 aromatic rings. The van der Waals surface area contributed by atoms with Crippen LogP contribution < -0.4 is 16.4 Å². The van der Waals surface area contributed by atoms with Gasteiger partial charge in [0.2, 0.25) is 5.91 Å². The third kappa shape index (κ3) is 3.44. The summed E-state index contributed by atoms with van der Waals surface area (Å²) in [5, 5.41) is 6.16. The molecular formula is C20H23N5O5. The van der Waals surface area contributed by atoms with E-state index in [1.165, 1.54) is 15.7 Å². The highest BCUT2D eigenvalue weighted by Gasteiger charge is 2.40. The number of primary amides is 1. The van der Waals surface area contributed by atoms with Gasteiger partial charge in [-0.25, -0.2) is 14.4 Å². The van der Waals surface area contributed by atoms with E-state index < -0.39 is 30.1 Å². The van der Waals surface area contributed by atoms with Crippen LogP contribution >= 0.6 is 0 Å². The van der Waals surface area contributed by atoms with E-state index in [2.05, 4.69) is 10.6 Å². The van der Waals surface area contributed by atoms with Crippen LogP contribution in [-0.4, -0.2) is 58.6 Å². The number of amides is 4. The molecule has 2 aliphatic heterocycles. The number of nitrogens with zero attached hydrogens (tertiary/aromatic N) is 2. The summed E-state index contributed by atoms with van der Waals surface area (Å²) >= 11 is 0. The minimum absolute atomic E-state index is 0.120. The van der Waals surface area contributed by atoms with E-state index in [1.807, 2.05) is 6.92 Å². The van der Waals surface area contributed by atoms with Crippen LogP contribution in [0.2, 0.25) is 0 Å². The number of hydrogen-bond acceptors (Lipinski definition) is 5. The van der Waals surface area contributed by atoms with Crippen LogP contribution in [0.25, 0.3) is 10.9 Å². The Morgan fingerprint density at radius 3 is 2.70 bits per heavy atom. The van der Waals surface area contributed by atoms with Crippen LogP contribution in [0.5, 0.6) is 0 Å². The van der Waals surface area contributed by atoms with Crippen molar-refractivity contribution in [1.29, 1.82) is 0 Å². The van der Waals surface area contributed by atoms with Crippen molar-refractivity contribution >= 4 is 40.5 Å². The van der Waals surface area contributed by atoms with Gasteiger partial charge in [-0.2, -0.15) is 0 Å². The first-order valence-corrected chi connectivity index (χ1v) is 9.81. The van der Waals surface area contributed by atoms with E-state index in [0.29, 0.717) is 36.0 Å². The van der Waals surface area contributed by atoms with Gasteiger partial charge < -0.3 is 26.0 Å². The van der Waals surface area contributed by atoms with Crippen molar-refractivity contribution in [1.82, 2.24) is 14.8 Å². The molecule has 158 valence electrons. The summed E-state index contributed by atoms with van der Waals surface area (Å²) in [5.41, 5.74) is 6.42. The summed E-state index contributed by atoms with van der Waals surface area (Å²) in [6, 6.07) is 4.55. The normalized spacial score (nSPS) is 23.4. The number of nitrogens with one attached hydrogen (secondary N) is 2. The quantitative estimate of drug-likeness (QED) is 0.651. The summed E-state index contributed by atoms with van der Waals surface area (Å²) < 4.78 is 6.23. The Kier molecular flexibility index (Phi) is 5.06. The number of benzene rings is 1. The zero-order valence-corrected chi connectivity index (χ0v) is 16.5. The summed E-state index contributed by atoms with van der Waals surface area (Å²) in [7, 11) is 0. The van der Waals surface area contributed by atoms with Crippen LogP contribution in [0, 0.1) is 5.92 Å². The van der Waals surface area contributed by atoms with E-state index >= 15 is 0 Å². The molecule has 0 saturated carbocycles. The van der Waals surface area contributed by atoms with Gasteiger partial charge in [0.25, 0.3) is 0 Å². The third-order valence-corrected chi connectivity index (χ3v) is 5.62. The van der Waals surface area contributed by atoms with Crippen molar-refractivity contribution in [3.05, 3.63) is 30.5 Å². The first kappa shape index (κ1) is 19.7. The number of carbonyl (C=O) groups excluding carboxylic acids is 4. The third-order valence-electron chi connectivity index (χ3n) is 5.62. The molecule has 0 aliphatic carbocycles. The lowest BCUT2D eigenvalue weighted by Gasteiger charge is -2.25. The van der Waals surface area contributed by atoms with Crippen LogP contribution in [0.15, 0.2) is 30.5 Å². The minimum atomic E-state index is -0.698. The average molecular weight is 413 g/mol. The van der Waals surface area contributed by atoms with Gasteiger partial charge in [0.15, 0.2) is 0 Å². The van der Waals surface area contributed by atoms with Crippen molar-refractivity contribution in [3.8, 4) is 0 Å². The average Bonchev–Trinajstić information content (AvgIpc) is 3.42. The molecule has 30 heavy (non-hydrogen) atoms. The second kappa shape index (κ2) is 7.69. The molecule has 1 aromatic heterocycles. The smallest absolute Gasteiger partial charge is 0.329 e. The zero-order chi connectivity index (χ0) is 21.4. The minimum Gasteiger partial charge on any atom is -0.464 e. The van der Waals surface area contributed by atoms with Crippen molar-refractivity contribution < 1.29 is 23.9 Å². The van der Waals surface area contributed by atoms with Crippen molar-refractivity contribution in [3.63, 3.8) is 0 Å². The van der Waals surface area contributed by atoms with E-state index in [0.717, 1.165) is 0 Å². The molecule has 2 fully saturated rings. The molecule has 4 rings (SSSR count). The predicted octanol–water partition coefficient (Wildman–Crippen LogP) is 1.24. The molecule has 2 saturated heterocycles. The van der Waals surface area contributed by atoms with Crippen molar-refractivity contribution in [2.24, 2.45) is 11.7 Å². The van der Waals surface area contributed by atoms with E-state index in [1.54, 1.807) is 24.3 Å². The monoisotopic (exact) mass is 413 g/mol. The Hall–Kier alpha value is -3.56. The number of anilines is 1. The highest BCUT2D eigenvalue weighted by molar-refractivity contribution is 6.05. The molecule has 4 amide bonds.